The van der Waals surface area contributed by atoms with Crippen molar-refractivity contribution < 1.29 is 24.4 Å². The van der Waals surface area contributed by atoms with Gasteiger partial charge >= 0.3 is 0 Å². The molecular weight excluding hydrogens is 470 g/mol. The number of ether oxygens (including phenoxy) is 3. The highest BCUT2D eigenvalue weighted by atomic mass is 35.5. The van der Waals surface area contributed by atoms with E-state index in [4.69, 9.17) is 25.8 Å². The average Bonchev–Trinajstić information content (AvgIpc) is 2.81. The van der Waals surface area contributed by atoms with Gasteiger partial charge in [-0.1, -0.05) is 49.6 Å². The molecule has 2 rings (SSSR count). The number of nitrogens with one attached hydrogen (secondary N) is 1. The van der Waals surface area contributed by atoms with E-state index in [0.717, 1.165) is 0 Å². The first-order valence-corrected chi connectivity index (χ1v) is 11.2. The normalized spacial score (nSPS) is 11.5. The van der Waals surface area contributed by atoms with Gasteiger partial charge in [-0.3, -0.25) is 4.79 Å². The number of H-pyrrole nitrogens is 1. The van der Waals surface area contributed by atoms with Crippen LogP contribution < -0.4 is 10.3 Å². The van der Waals surface area contributed by atoms with Gasteiger partial charge in [-0.05, 0) is 37.6 Å². The summed E-state index contributed by atoms with van der Waals surface area (Å²) in [6, 6.07) is 4.66. The average molecular weight is 500 g/mol. The molecule has 1 heterocycles. The maximum atomic E-state index is 12.9. The Morgan fingerprint density at radius 2 is 1.89 bits per heavy atom. The van der Waals surface area contributed by atoms with E-state index in [0.29, 0.717) is 17.2 Å². The van der Waals surface area contributed by atoms with Crippen LogP contribution in [0.15, 0.2) is 77.3 Å². The molecule has 0 aliphatic heterocycles. The predicted octanol–water partition coefficient (Wildman–Crippen LogP) is 6.14. The summed E-state index contributed by atoms with van der Waals surface area (Å²) in [6.45, 7) is 15.5. The number of halogens is 1. The molecule has 3 N–H and O–H groups in total. The fourth-order valence-corrected chi connectivity index (χ4v) is 3.35. The van der Waals surface area contributed by atoms with Gasteiger partial charge in [0.05, 0.1) is 30.5 Å². The van der Waals surface area contributed by atoms with Gasteiger partial charge in [0.15, 0.2) is 0 Å². The smallest absolute Gasteiger partial charge is 0.263 e. The fraction of sp³-hybridized carbons (Fsp3) is 0.222. The predicted molar refractivity (Wildman–Crippen MR) is 139 cm³/mol. The van der Waals surface area contributed by atoms with Crippen LogP contribution in [0.25, 0.3) is 16.9 Å². The lowest BCUT2D eigenvalue weighted by Gasteiger charge is -2.19. The Morgan fingerprint density at radius 1 is 1.17 bits per heavy atom. The molecule has 0 atom stereocenters. The number of aromatic amines is 1. The maximum absolute atomic E-state index is 12.9. The van der Waals surface area contributed by atoms with E-state index < -0.39 is 11.3 Å². The molecule has 0 aliphatic carbocycles. The Labute approximate surface area is 209 Å². The summed E-state index contributed by atoms with van der Waals surface area (Å²) in [6.07, 6.45) is 5.38. The number of aromatic nitrogens is 1. The topological polar surface area (TPSA) is 101 Å². The lowest BCUT2D eigenvalue weighted by molar-refractivity contribution is 0.131. The molecule has 1 aromatic carbocycles. The number of hydrogen-bond donors (Lipinski definition) is 3. The largest absolute Gasteiger partial charge is 0.507 e. The maximum Gasteiger partial charge on any atom is 0.263 e. The summed E-state index contributed by atoms with van der Waals surface area (Å²) in [7, 11) is 1.43. The highest BCUT2D eigenvalue weighted by Gasteiger charge is 2.26. The van der Waals surface area contributed by atoms with Crippen molar-refractivity contribution in [3.63, 3.8) is 0 Å². The summed E-state index contributed by atoms with van der Waals surface area (Å²) in [5.74, 6) is -0.195. The van der Waals surface area contributed by atoms with Crippen LogP contribution in [0.4, 0.5) is 0 Å². The van der Waals surface area contributed by atoms with Crippen LogP contribution in [0, 0.1) is 0 Å². The van der Waals surface area contributed by atoms with Crippen LogP contribution >= 0.6 is 11.6 Å². The molecule has 186 valence electrons. The summed E-state index contributed by atoms with van der Waals surface area (Å²) in [4.78, 5) is 15.6. The molecule has 1 aromatic heterocycles. The van der Waals surface area contributed by atoms with Gasteiger partial charge in [0.1, 0.15) is 34.3 Å². The zero-order valence-corrected chi connectivity index (χ0v) is 20.9. The summed E-state index contributed by atoms with van der Waals surface area (Å²) >= 11 is 5.95. The number of rotatable bonds is 12. The van der Waals surface area contributed by atoms with Crippen molar-refractivity contribution in [2.24, 2.45) is 0 Å². The zero-order chi connectivity index (χ0) is 26.1. The van der Waals surface area contributed by atoms with Gasteiger partial charge in [0, 0.05) is 18.1 Å². The molecule has 0 saturated heterocycles. The Hall–Kier alpha value is -3.68. The number of hydrogen-bond acceptors (Lipinski definition) is 6. The van der Waals surface area contributed by atoms with Gasteiger partial charge in [-0.15, -0.1) is 0 Å². The molecule has 0 spiro atoms. The summed E-state index contributed by atoms with van der Waals surface area (Å²) < 4.78 is 16.5. The van der Waals surface area contributed by atoms with Crippen molar-refractivity contribution in [1.29, 1.82) is 0 Å². The Morgan fingerprint density at radius 3 is 2.51 bits per heavy atom. The van der Waals surface area contributed by atoms with Crippen molar-refractivity contribution in [3.05, 3.63) is 94.1 Å². The SMILES string of the molecule is C=C(/C=C\C(Cl)=C/C)CC(=C)OC(=C)c1c(O)c(-c2c(O)cccc2OC)c(COCC)[nH]c1=O. The molecule has 0 bridgehead atoms. The van der Waals surface area contributed by atoms with Crippen molar-refractivity contribution in [2.75, 3.05) is 13.7 Å². The molecule has 0 aliphatic rings. The van der Waals surface area contributed by atoms with E-state index in [9.17, 15) is 15.0 Å². The molecule has 0 radical (unpaired) electrons. The number of phenols is 1. The molecule has 7 nitrogen and oxygen atoms in total. The minimum atomic E-state index is -0.647. The lowest BCUT2D eigenvalue weighted by atomic mass is 9.98. The molecule has 2 aromatic rings. The van der Waals surface area contributed by atoms with Crippen LogP contribution in [0.3, 0.4) is 0 Å². The van der Waals surface area contributed by atoms with Crippen LogP contribution in [0.5, 0.6) is 17.2 Å². The van der Waals surface area contributed by atoms with E-state index in [2.05, 4.69) is 24.7 Å². The van der Waals surface area contributed by atoms with E-state index in [1.165, 1.54) is 13.2 Å². The van der Waals surface area contributed by atoms with Crippen molar-refractivity contribution >= 4 is 17.4 Å². The van der Waals surface area contributed by atoms with E-state index in [1.807, 2.05) is 6.92 Å². The Balaban J connectivity index is 2.49. The highest BCUT2D eigenvalue weighted by Crippen LogP contribution is 2.45. The van der Waals surface area contributed by atoms with Crippen LogP contribution in [0.2, 0.25) is 0 Å². The molecule has 0 amide bonds. The molecule has 0 unspecified atom stereocenters. The van der Waals surface area contributed by atoms with Crippen LogP contribution in [0.1, 0.15) is 31.5 Å². The number of benzene rings is 1. The van der Waals surface area contributed by atoms with E-state index in [-0.39, 0.29) is 58.4 Å². The third-order valence-corrected chi connectivity index (χ3v) is 5.26. The van der Waals surface area contributed by atoms with Gasteiger partial charge in [0.2, 0.25) is 0 Å². The molecule has 35 heavy (non-hydrogen) atoms. The van der Waals surface area contributed by atoms with Crippen LogP contribution in [-0.4, -0.2) is 28.9 Å². The van der Waals surface area contributed by atoms with Gasteiger partial charge in [-0.25, -0.2) is 0 Å². The van der Waals surface area contributed by atoms with Crippen molar-refractivity contribution in [1.82, 2.24) is 4.98 Å². The van der Waals surface area contributed by atoms with Crippen LogP contribution in [-0.2, 0) is 16.1 Å². The molecule has 0 saturated carbocycles. The number of aromatic hydroxyl groups is 2. The van der Waals surface area contributed by atoms with E-state index in [1.54, 1.807) is 37.3 Å². The van der Waals surface area contributed by atoms with Gasteiger partial charge in [0.25, 0.3) is 5.56 Å². The first-order chi connectivity index (χ1) is 16.6. The minimum Gasteiger partial charge on any atom is -0.507 e. The second-order valence-electron chi connectivity index (χ2n) is 7.43. The minimum absolute atomic E-state index is 0.0205. The second-order valence-corrected chi connectivity index (χ2v) is 7.87. The summed E-state index contributed by atoms with van der Waals surface area (Å²) in [5, 5.41) is 22.4. The first-order valence-electron chi connectivity index (χ1n) is 10.8. The zero-order valence-electron chi connectivity index (χ0n) is 20.1. The monoisotopic (exact) mass is 499 g/mol. The third-order valence-electron chi connectivity index (χ3n) is 4.92. The Kier molecular flexibility index (Phi) is 9.99. The summed E-state index contributed by atoms with van der Waals surface area (Å²) in [5.41, 5.74) is 0.366. The van der Waals surface area contributed by atoms with Crippen molar-refractivity contribution in [2.45, 2.75) is 26.9 Å². The quantitative estimate of drug-likeness (QED) is 0.239. The van der Waals surface area contributed by atoms with E-state index >= 15 is 0 Å². The lowest BCUT2D eigenvalue weighted by Crippen LogP contribution is -2.17. The fourth-order valence-electron chi connectivity index (χ4n) is 3.29. The second kappa shape index (κ2) is 12.7. The number of allylic oxidation sites excluding steroid dienone is 5. The first kappa shape index (κ1) is 27.6. The standard InChI is InChI=1S/C27H30ClNO6/c1-7-19(28)13-12-16(3)14-17(4)35-18(5)23-26(31)24(20(15-34-8-2)29-27(23)32)25-21(30)10-9-11-22(25)33-6/h7,9-13,30H,3-5,8,14-15H2,1-2,6H3,(H2,29,31,32)/b13-12-,19-7+. The molecule has 8 heteroatoms. The highest BCUT2D eigenvalue weighted by molar-refractivity contribution is 6.31. The number of methoxy groups -OCH3 is 1. The molecular formula is C27H30ClNO6. The van der Waals surface area contributed by atoms with Gasteiger partial charge < -0.3 is 29.4 Å². The number of phenolic OH excluding ortho intramolecular Hbond substituents is 1. The van der Waals surface area contributed by atoms with Gasteiger partial charge in [-0.2, -0.15) is 0 Å². The number of pyridine rings is 1. The third kappa shape index (κ3) is 6.91. The Bertz CT molecular complexity index is 1240. The van der Waals surface area contributed by atoms with Crippen molar-refractivity contribution in [3.8, 4) is 28.4 Å². The molecule has 0 fully saturated rings.